The van der Waals surface area contributed by atoms with Crippen LogP contribution in [0.2, 0.25) is 0 Å². The van der Waals surface area contributed by atoms with Crippen molar-refractivity contribution in [1.29, 1.82) is 0 Å². The summed E-state index contributed by atoms with van der Waals surface area (Å²) in [5.74, 6) is -0.287. The van der Waals surface area contributed by atoms with E-state index in [0.29, 0.717) is 17.5 Å². The van der Waals surface area contributed by atoms with E-state index in [4.69, 9.17) is 0 Å². The Bertz CT molecular complexity index is 1060. The highest BCUT2D eigenvalue weighted by atomic mass is 32.1. The number of nitrogens with one attached hydrogen (secondary N) is 2. The molecule has 2 aliphatic rings. The topological polar surface area (TPSA) is 94.6 Å². The lowest BCUT2D eigenvalue weighted by Crippen LogP contribution is -2.59. The van der Waals surface area contributed by atoms with Crippen LogP contribution in [0.15, 0.2) is 35.8 Å². The molecule has 8 nitrogen and oxygen atoms in total. The number of alkyl halides is 3. The van der Waals surface area contributed by atoms with Gasteiger partial charge in [0.25, 0.3) is 0 Å². The quantitative estimate of drug-likeness (QED) is 0.568. The first kappa shape index (κ1) is 25.9. The largest absolute Gasteiger partial charge is 0.416 e. The number of aromatic nitrogens is 1. The van der Waals surface area contributed by atoms with Gasteiger partial charge >= 0.3 is 12.2 Å². The maximum Gasteiger partial charge on any atom is 0.416 e. The number of hydrogen-bond donors (Lipinski definition) is 2. The summed E-state index contributed by atoms with van der Waals surface area (Å²) in [7, 11) is 0. The lowest BCUT2D eigenvalue weighted by atomic mass is 9.84. The summed E-state index contributed by atoms with van der Waals surface area (Å²) >= 11 is 1.30. The zero-order valence-electron chi connectivity index (χ0n) is 19.6. The van der Waals surface area contributed by atoms with Crippen molar-refractivity contribution in [1.82, 2.24) is 14.8 Å². The summed E-state index contributed by atoms with van der Waals surface area (Å²) in [6.45, 7) is 0.157. The van der Waals surface area contributed by atoms with Gasteiger partial charge in [0.05, 0.1) is 5.56 Å². The first-order valence-electron chi connectivity index (χ1n) is 11.9. The van der Waals surface area contributed by atoms with Crippen LogP contribution in [0.5, 0.6) is 0 Å². The molecule has 1 saturated carbocycles. The molecule has 2 fully saturated rings. The molecular formula is C24H28F3N5O3S. The second kappa shape index (κ2) is 11.3. The molecule has 2 N–H and O–H groups in total. The third kappa shape index (κ3) is 6.54. The number of amides is 4. The molecule has 0 radical (unpaired) electrons. The average Bonchev–Trinajstić information content (AvgIpc) is 3.36. The molecule has 4 rings (SSSR count). The van der Waals surface area contributed by atoms with Crippen LogP contribution in [0, 0.1) is 5.92 Å². The number of piperazine rings is 1. The van der Waals surface area contributed by atoms with Gasteiger partial charge in [-0.25, -0.2) is 9.78 Å². The van der Waals surface area contributed by atoms with E-state index < -0.39 is 23.8 Å². The molecule has 1 aliphatic carbocycles. The normalized spacial score (nSPS) is 18.1. The predicted octanol–water partition coefficient (Wildman–Crippen LogP) is 4.82. The van der Waals surface area contributed by atoms with Crippen molar-refractivity contribution in [2.75, 3.05) is 30.3 Å². The first-order chi connectivity index (χ1) is 17.2. The molecule has 2 heterocycles. The molecule has 0 spiro atoms. The van der Waals surface area contributed by atoms with Crippen LogP contribution >= 0.6 is 11.3 Å². The number of urea groups is 1. The number of carbonyl (C=O) groups is 3. The zero-order chi connectivity index (χ0) is 25.7. The summed E-state index contributed by atoms with van der Waals surface area (Å²) in [5, 5.41) is 7.57. The van der Waals surface area contributed by atoms with Crippen molar-refractivity contribution < 1.29 is 27.6 Å². The molecule has 194 valence electrons. The first-order valence-corrected chi connectivity index (χ1v) is 12.8. The Morgan fingerprint density at radius 2 is 1.81 bits per heavy atom. The zero-order valence-corrected chi connectivity index (χ0v) is 20.4. The minimum absolute atomic E-state index is 0.182. The number of benzene rings is 1. The van der Waals surface area contributed by atoms with Crippen LogP contribution in [0.1, 0.15) is 44.1 Å². The summed E-state index contributed by atoms with van der Waals surface area (Å²) in [4.78, 5) is 45.9. The number of anilines is 2. The van der Waals surface area contributed by atoms with Crippen LogP contribution in [0.4, 0.5) is 28.8 Å². The van der Waals surface area contributed by atoms with E-state index in [-0.39, 0.29) is 37.1 Å². The summed E-state index contributed by atoms with van der Waals surface area (Å²) < 4.78 is 38.3. The number of carbonyl (C=O) groups excluding carboxylic acids is 3. The average molecular weight is 524 g/mol. The van der Waals surface area contributed by atoms with Crippen molar-refractivity contribution in [3.05, 3.63) is 41.4 Å². The third-order valence-electron chi connectivity index (χ3n) is 6.63. The van der Waals surface area contributed by atoms with Gasteiger partial charge in [0.2, 0.25) is 11.8 Å². The lowest BCUT2D eigenvalue weighted by Gasteiger charge is -2.39. The van der Waals surface area contributed by atoms with E-state index in [1.165, 1.54) is 34.8 Å². The SMILES string of the molecule is O=C(Nc1nccs1)C(CC1CCCCC1)N1CCN(C(=O)Nc2ccc(C(F)(F)F)cc2)CC1=O. The van der Waals surface area contributed by atoms with Gasteiger partial charge in [-0.2, -0.15) is 13.2 Å². The van der Waals surface area contributed by atoms with Crippen LogP contribution < -0.4 is 10.6 Å². The number of thiazole rings is 1. The highest BCUT2D eigenvalue weighted by Crippen LogP contribution is 2.31. The highest BCUT2D eigenvalue weighted by molar-refractivity contribution is 7.13. The number of halogens is 3. The molecular weight excluding hydrogens is 495 g/mol. The predicted molar refractivity (Wildman–Crippen MR) is 129 cm³/mol. The smallest absolute Gasteiger partial charge is 0.327 e. The van der Waals surface area contributed by atoms with E-state index in [0.717, 1.165) is 37.8 Å². The van der Waals surface area contributed by atoms with Crippen molar-refractivity contribution in [3.8, 4) is 0 Å². The van der Waals surface area contributed by atoms with Gasteiger partial charge in [0.1, 0.15) is 12.6 Å². The van der Waals surface area contributed by atoms with Gasteiger partial charge in [-0.3, -0.25) is 9.59 Å². The Labute approximate surface area is 210 Å². The number of rotatable bonds is 6. The molecule has 1 atom stereocenters. The van der Waals surface area contributed by atoms with Crippen LogP contribution in [0.25, 0.3) is 0 Å². The fourth-order valence-electron chi connectivity index (χ4n) is 4.72. The van der Waals surface area contributed by atoms with Gasteiger partial charge < -0.3 is 20.4 Å². The third-order valence-corrected chi connectivity index (χ3v) is 7.32. The van der Waals surface area contributed by atoms with E-state index in [1.807, 2.05) is 0 Å². The Balaban J connectivity index is 1.39. The van der Waals surface area contributed by atoms with E-state index in [9.17, 15) is 27.6 Å². The molecule has 2 aromatic rings. The molecule has 36 heavy (non-hydrogen) atoms. The number of nitrogens with zero attached hydrogens (tertiary/aromatic N) is 3. The van der Waals surface area contributed by atoms with Gasteiger partial charge in [-0.1, -0.05) is 32.1 Å². The van der Waals surface area contributed by atoms with E-state index in [1.54, 1.807) is 16.5 Å². The van der Waals surface area contributed by atoms with Gasteiger partial charge in [-0.15, -0.1) is 11.3 Å². The van der Waals surface area contributed by atoms with Crippen molar-refractivity contribution in [2.45, 2.75) is 50.7 Å². The number of hydrogen-bond acceptors (Lipinski definition) is 5. The molecule has 1 aromatic carbocycles. The fraction of sp³-hybridized carbons (Fsp3) is 0.500. The second-order valence-corrected chi connectivity index (χ2v) is 9.99. The summed E-state index contributed by atoms with van der Waals surface area (Å²) in [5.41, 5.74) is -0.620. The van der Waals surface area contributed by atoms with E-state index >= 15 is 0 Å². The van der Waals surface area contributed by atoms with Gasteiger partial charge in [0, 0.05) is 30.4 Å². The van der Waals surface area contributed by atoms with Crippen LogP contribution in [0.3, 0.4) is 0 Å². The molecule has 12 heteroatoms. The maximum absolute atomic E-state index is 13.2. The summed E-state index contributed by atoms with van der Waals surface area (Å²) in [6, 6.07) is 2.86. The molecule has 4 amide bonds. The molecule has 1 unspecified atom stereocenters. The Morgan fingerprint density at radius 3 is 2.42 bits per heavy atom. The summed E-state index contributed by atoms with van der Waals surface area (Å²) in [6.07, 6.45) is 3.11. The lowest BCUT2D eigenvalue weighted by molar-refractivity contribution is -0.142. The monoisotopic (exact) mass is 523 g/mol. The van der Waals surface area contributed by atoms with Gasteiger partial charge in [-0.05, 0) is 36.6 Å². The van der Waals surface area contributed by atoms with Crippen molar-refractivity contribution in [2.24, 2.45) is 5.92 Å². The minimum Gasteiger partial charge on any atom is -0.327 e. The minimum atomic E-state index is -4.47. The van der Waals surface area contributed by atoms with Crippen molar-refractivity contribution >= 4 is 40.0 Å². The van der Waals surface area contributed by atoms with Crippen molar-refractivity contribution in [3.63, 3.8) is 0 Å². The Morgan fingerprint density at radius 1 is 1.08 bits per heavy atom. The highest BCUT2D eigenvalue weighted by Gasteiger charge is 2.37. The molecule has 1 saturated heterocycles. The second-order valence-electron chi connectivity index (χ2n) is 9.10. The van der Waals surface area contributed by atoms with Gasteiger partial charge in [0.15, 0.2) is 5.13 Å². The van der Waals surface area contributed by atoms with Crippen LogP contribution in [-0.4, -0.2) is 58.3 Å². The molecule has 1 aliphatic heterocycles. The Hall–Kier alpha value is -3.15. The molecule has 0 bridgehead atoms. The Kier molecular flexibility index (Phi) is 8.12. The van der Waals surface area contributed by atoms with E-state index in [2.05, 4.69) is 15.6 Å². The standard InChI is InChI=1S/C24H28F3N5O3S/c25-24(26,27)17-6-8-18(9-7-17)29-23(35)31-11-12-32(20(33)15-31)19(14-16-4-2-1-3-5-16)21(34)30-22-28-10-13-36-22/h6-10,13,16,19H,1-5,11-12,14-15H2,(H,29,35)(H,28,30,34). The maximum atomic E-state index is 13.2. The fourth-order valence-corrected chi connectivity index (χ4v) is 5.25. The van der Waals surface area contributed by atoms with Crippen LogP contribution in [-0.2, 0) is 15.8 Å². The molecule has 1 aromatic heterocycles.